The Balaban J connectivity index is 1.80. The molecule has 0 saturated carbocycles. The molecule has 3 heterocycles. The van der Waals surface area contributed by atoms with Crippen LogP contribution in [0.3, 0.4) is 0 Å². The summed E-state index contributed by atoms with van der Waals surface area (Å²) in [5.74, 6) is 0.246. The summed E-state index contributed by atoms with van der Waals surface area (Å²) in [6.45, 7) is 0. The zero-order valence-electron chi connectivity index (χ0n) is 11.1. The number of imide groups is 1. The summed E-state index contributed by atoms with van der Waals surface area (Å²) in [5, 5.41) is 9.56. The minimum Gasteiger partial charge on any atom is -0.449 e. The second-order valence-corrected chi connectivity index (χ2v) is 5.79. The number of anilines is 3. The SMILES string of the molecule is O=C(Nc1ccco1)N(C(=O)Nc1cccs1)c1nccs1. The van der Waals surface area contributed by atoms with E-state index in [1.54, 1.807) is 29.6 Å². The summed E-state index contributed by atoms with van der Waals surface area (Å²) in [7, 11) is 0. The van der Waals surface area contributed by atoms with E-state index >= 15 is 0 Å². The van der Waals surface area contributed by atoms with Crippen LogP contribution in [-0.4, -0.2) is 17.0 Å². The summed E-state index contributed by atoms with van der Waals surface area (Å²) in [5.41, 5.74) is 0. The maximum absolute atomic E-state index is 12.4. The van der Waals surface area contributed by atoms with Crippen molar-refractivity contribution in [1.29, 1.82) is 0 Å². The van der Waals surface area contributed by atoms with E-state index in [2.05, 4.69) is 15.6 Å². The molecule has 0 aromatic carbocycles. The Labute approximate surface area is 133 Å². The van der Waals surface area contributed by atoms with Gasteiger partial charge in [0.1, 0.15) is 0 Å². The van der Waals surface area contributed by atoms with Gasteiger partial charge in [-0.1, -0.05) is 0 Å². The fraction of sp³-hybridized carbons (Fsp3) is 0. The number of rotatable bonds is 3. The number of thiophene rings is 1. The number of furan rings is 1. The molecule has 0 unspecified atom stereocenters. The molecule has 112 valence electrons. The quantitative estimate of drug-likeness (QED) is 0.756. The van der Waals surface area contributed by atoms with E-state index in [0.717, 1.165) is 4.90 Å². The van der Waals surface area contributed by atoms with Gasteiger partial charge >= 0.3 is 12.1 Å². The zero-order chi connectivity index (χ0) is 15.4. The molecule has 0 aliphatic rings. The summed E-state index contributed by atoms with van der Waals surface area (Å²) in [6.07, 6.45) is 2.95. The number of nitrogens with zero attached hydrogens (tertiary/aromatic N) is 2. The summed E-state index contributed by atoms with van der Waals surface area (Å²) in [6, 6.07) is 5.51. The Morgan fingerprint density at radius 2 is 1.95 bits per heavy atom. The van der Waals surface area contributed by atoms with Crippen LogP contribution in [-0.2, 0) is 0 Å². The standard InChI is InChI=1S/C13H10N4O3S2/c18-11(15-9-3-1-6-20-9)17(13-14-5-8-22-13)12(19)16-10-4-2-7-21-10/h1-8H,(H,15,18)(H,16,19). The lowest BCUT2D eigenvalue weighted by molar-refractivity contribution is 0.246. The molecular weight excluding hydrogens is 324 g/mol. The van der Waals surface area contributed by atoms with Crippen molar-refractivity contribution < 1.29 is 14.0 Å². The number of aromatic nitrogens is 1. The van der Waals surface area contributed by atoms with Gasteiger partial charge in [0.15, 0.2) is 0 Å². The van der Waals surface area contributed by atoms with Crippen LogP contribution >= 0.6 is 22.7 Å². The van der Waals surface area contributed by atoms with Crippen molar-refractivity contribution in [3.8, 4) is 0 Å². The molecule has 0 spiro atoms. The van der Waals surface area contributed by atoms with Crippen LogP contribution in [0.1, 0.15) is 0 Å². The molecule has 2 N–H and O–H groups in total. The molecule has 0 radical (unpaired) electrons. The average molecular weight is 334 g/mol. The second kappa shape index (κ2) is 6.41. The third-order valence-corrected chi connectivity index (χ3v) is 4.06. The van der Waals surface area contributed by atoms with Crippen LogP contribution in [0.25, 0.3) is 0 Å². The average Bonchev–Trinajstić information content (AvgIpc) is 3.20. The van der Waals surface area contributed by atoms with E-state index in [-0.39, 0.29) is 11.0 Å². The smallest absolute Gasteiger partial charge is 0.338 e. The summed E-state index contributed by atoms with van der Waals surface area (Å²) < 4.78 is 5.05. The molecule has 22 heavy (non-hydrogen) atoms. The highest BCUT2D eigenvalue weighted by Crippen LogP contribution is 2.22. The molecular formula is C13H10N4O3S2. The zero-order valence-corrected chi connectivity index (χ0v) is 12.7. The lowest BCUT2D eigenvalue weighted by Crippen LogP contribution is -2.42. The molecule has 3 aromatic heterocycles. The molecule has 3 rings (SSSR count). The van der Waals surface area contributed by atoms with Gasteiger partial charge in [0.05, 0.1) is 11.3 Å². The van der Waals surface area contributed by atoms with Crippen LogP contribution in [0.5, 0.6) is 0 Å². The van der Waals surface area contributed by atoms with E-state index < -0.39 is 12.1 Å². The third-order valence-electron chi connectivity index (χ3n) is 2.52. The topological polar surface area (TPSA) is 87.5 Å². The van der Waals surface area contributed by atoms with Gasteiger partial charge in [0.25, 0.3) is 0 Å². The molecule has 3 aromatic rings. The van der Waals surface area contributed by atoms with E-state index in [4.69, 9.17) is 4.42 Å². The van der Waals surface area contributed by atoms with E-state index in [1.165, 1.54) is 35.1 Å². The first-order valence-corrected chi connectivity index (χ1v) is 7.88. The maximum atomic E-state index is 12.4. The van der Waals surface area contributed by atoms with Crippen LogP contribution in [0.2, 0.25) is 0 Å². The molecule has 0 aliphatic heterocycles. The molecule has 7 nitrogen and oxygen atoms in total. The van der Waals surface area contributed by atoms with Gasteiger partial charge in [-0.25, -0.2) is 14.6 Å². The van der Waals surface area contributed by atoms with Crippen LogP contribution in [0.4, 0.5) is 25.6 Å². The van der Waals surface area contributed by atoms with Gasteiger partial charge in [0, 0.05) is 17.6 Å². The number of amides is 4. The number of carbonyl (C=O) groups is 2. The highest BCUT2D eigenvalue weighted by Gasteiger charge is 2.26. The van der Waals surface area contributed by atoms with Gasteiger partial charge in [-0.2, -0.15) is 4.90 Å². The van der Waals surface area contributed by atoms with Gasteiger partial charge in [0.2, 0.25) is 11.0 Å². The molecule has 0 atom stereocenters. The molecule has 9 heteroatoms. The van der Waals surface area contributed by atoms with Crippen molar-refractivity contribution in [2.45, 2.75) is 0 Å². The monoisotopic (exact) mass is 334 g/mol. The minimum absolute atomic E-state index is 0.246. The second-order valence-electron chi connectivity index (χ2n) is 3.96. The minimum atomic E-state index is -0.654. The number of urea groups is 2. The van der Waals surface area contributed by atoms with Crippen molar-refractivity contribution in [1.82, 2.24) is 4.98 Å². The van der Waals surface area contributed by atoms with Crippen molar-refractivity contribution in [3.05, 3.63) is 47.5 Å². The number of nitrogens with one attached hydrogen (secondary N) is 2. The van der Waals surface area contributed by atoms with Gasteiger partial charge in [-0.3, -0.25) is 10.6 Å². The fourth-order valence-electron chi connectivity index (χ4n) is 1.61. The molecule has 0 bridgehead atoms. The lowest BCUT2D eigenvalue weighted by Gasteiger charge is -2.17. The van der Waals surface area contributed by atoms with E-state index in [0.29, 0.717) is 5.00 Å². The summed E-state index contributed by atoms with van der Waals surface area (Å²) in [4.78, 5) is 29.7. The Bertz CT molecular complexity index is 690. The van der Waals surface area contributed by atoms with Gasteiger partial charge in [-0.05, 0) is 23.6 Å². The number of hydrogen-bond donors (Lipinski definition) is 2. The molecule has 0 saturated heterocycles. The van der Waals surface area contributed by atoms with Gasteiger partial charge in [-0.15, -0.1) is 22.7 Å². The lowest BCUT2D eigenvalue weighted by atomic mass is 10.6. The molecule has 0 aliphatic carbocycles. The number of hydrogen-bond acceptors (Lipinski definition) is 6. The third kappa shape index (κ3) is 3.15. The predicted octanol–water partition coefficient (Wildman–Crippen LogP) is 4.07. The van der Waals surface area contributed by atoms with E-state index in [1.807, 2.05) is 5.38 Å². The Morgan fingerprint density at radius 3 is 2.59 bits per heavy atom. The van der Waals surface area contributed by atoms with E-state index in [9.17, 15) is 9.59 Å². The Kier molecular flexibility index (Phi) is 4.17. The van der Waals surface area contributed by atoms with Crippen molar-refractivity contribution in [2.24, 2.45) is 0 Å². The van der Waals surface area contributed by atoms with Gasteiger partial charge < -0.3 is 4.42 Å². The van der Waals surface area contributed by atoms with Crippen LogP contribution in [0.15, 0.2) is 51.9 Å². The maximum Gasteiger partial charge on any atom is 0.338 e. The Hall–Kier alpha value is -2.65. The van der Waals surface area contributed by atoms with Crippen molar-refractivity contribution in [2.75, 3.05) is 15.5 Å². The number of carbonyl (C=O) groups excluding carboxylic acids is 2. The van der Waals surface area contributed by atoms with Crippen LogP contribution in [0, 0.1) is 0 Å². The highest BCUT2D eigenvalue weighted by atomic mass is 32.1. The first-order valence-electron chi connectivity index (χ1n) is 6.12. The van der Waals surface area contributed by atoms with Crippen molar-refractivity contribution >= 4 is 50.8 Å². The first kappa shape index (κ1) is 14.3. The normalized spacial score (nSPS) is 10.2. The largest absolute Gasteiger partial charge is 0.449 e. The molecule has 0 fully saturated rings. The summed E-state index contributed by atoms with van der Waals surface area (Å²) >= 11 is 2.54. The molecule has 4 amide bonds. The Morgan fingerprint density at radius 1 is 1.09 bits per heavy atom. The van der Waals surface area contributed by atoms with Crippen LogP contribution < -0.4 is 15.5 Å². The number of thiazole rings is 1. The predicted molar refractivity (Wildman–Crippen MR) is 85.7 cm³/mol. The first-order chi connectivity index (χ1) is 10.7. The fourth-order valence-corrected chi connectivity index (χ4v) is 2.86. The van der Waals surface area contributed by atoms with Crippen molar-refractivity contribution in [3.63, 3.8) is 0 Å². The highest BCUT2D eigenvalue weighted by molar-refractivity contribution is 7.14.